The highest BCUT2D eigenvalue weighted by Crippen LogP contribution is 2.23. The second-order valence-corrected chi connectivity index (χ2v) is 7.13. The molecule has 0 spiro atoms. The van der Waals surface area contributed by atoms with Gasteiger partial charge < -0.3 is 45.1 Å². The molecular weight excluding hydrogens is 438 g/mol. The van der Waals surface area contributed by atoms with Crippen LogP contribution in [-0.2, 0) is 38.4 Å². The molecule has 0 saturated carbocycles. The summed E-state index contributed by atoms with van der Waals surface area (Å²) in [6, 6.07) is -1.71. The van der Waals surface area contributed by atoms with Gasteiger partial charge in [0.15, 0.2) is 0 Å². The van der Waals surface area contributed by atoms with Gasteiger partial charge in [-0.15, -0.1) is 0 Å². The van der Waals surface area contributed by atoms with Gasteiger partial charge in [-0.05, 0) is 6.08 Å². The van der Waals surface area contributed by atoms with Crippen LogP contribution in [0.15, 0.2) is 11.8 Å². The van der Waals surface area contributed by atoms with Crippen LogP contribution in [0.25, 0.3) is 0 Å². The van der Waals surface area contributed by atoms with Crippen LogP contribution in [0.5, 0.6) is 0 Å². The van der Waals surface area contributed by atoms with Crippen molar-refractivity contribution in [2.24, 2.45) is 0 Å². The fourth-order valence-electron chi connectivity index (χ4n) is 2.32. The van der Waals surface area contributed by atoms with E-state index in [-0.39, 0.29) is 6.29 Å². The number of nitrogens with one attached hydrogen (secondary N) is 1. The molecule has 1 heterocycles. The summed E-state index contributed by atoms with van der Waals surface area (Å²) >= 11 is 0. The monoisotopic (exact) mass is 459 g/mol. The molecule has 1 aliphatic heterocycles. The van der Waals surface area contributed by atoms with Crippen molar-refractivity contribution < 1.29 is 66.5 Å². The largest absolute Gasteiger partial charge is 0.475 e. The summed E-state index contributed by atoms with van der Waals surface area (Å²) in [5.74, 6) is -3.30. The number of rotatable bonds is 11. The summed E-state index contributed by atoms with van der Waals surface area (Å²) in [4.78, 5) is 33.4. The van der Waals surface area contributed by atoms with E-state index < -0.39 is 77.5 Å². The summed E-state index contributed by atoms with van der Waals surface area (Å²) in [5, 5.41) is 51.1. The Bertz CT molecular complexity index is 767. The topological polar surface area (TPSA) is 246 Å². The highest BCUT2D eigenvalue weighted by molar-refractivity contribution is 7.80. The van der Waals surface area contributed by atoms with Gasteiger partial charge in [-0.1, -0.05) is 0 Å². The Morgan fingerprint density at radius 2 is 1.93 bits per heavy atom. The number of aliphatic hydroxyl groups is 4. The lowest BCUT2D eigenvalue weighted by Crippen LogP contribution is -2.57. The van der Waals surface area contributed by atoms with Crippen LogP contribution in [0, 0.1) is 0 Å². The third-order valence-electron chi connectivity index (χ3n) is 3.68. The van der Waals surface area contributed by atoms with Gasteiger partial charge in [0.05, 0.1) is 6.61 Å². The number of ether oxygens (including phenoxy) is 2. The number of aliphatic hydroxyl groups excluding tert-OH is 4. The van der Waals surface area contributed by atoms with Crippen LogP contribution in [-0.4, -0.2) is 106 Å². The van der Waals surface area contributed by atoms with E-state index in [1.165, 1.54) is 0 Å². The molecule has 0 aromatic carbocycles. The molecule has 1 rings (SSSR count). The van der Waals surface area contributed by atoms with Crippen molar-refractivity contribution in [3.63, 3.8) is 0 Å². The van der Waals surface area contributed by atoms with Crippen molar-refractivity contribution in [2.45, 2.75) is 49.8 Å². The number of carboxylic acid groups (broad SMARTS) is 1. The number of carbonyl (C=O) groups is 3. The number of aliphatic carboxylic acids is 1. The molecule has 1 amide bonds. The van der Waals surface area contributed by atoms with E-state index in [2.05, 4.69) is 4.18 Å². The number of amides is 1. The third-order valence-corrected chi connectivity index (χ3v) is 4.12. The molecule has 1 aliphatic rings. The van der Waals surface area contributed by atoms with E-state index in [1.54, 1.807) is 0 Å². The van der Waals surface area contributed by atoms with E-state index >= 15 is 0 Å². The first kappa shape index (κ1) is 25.9. The first-order chi connectivity index (χ1) is 13.8. The zero-order valence-corrected chi connectivity index (χ0v) is 16.1. The van der Waals surface area contributed by atoms with E-state index in [9.17, 15) is 43.2 Å². The van der Waals surface area contributed by atoms with Gasteiger partial charge in [-0.2, -0.15) is 8.42 Å². The molecule has 0 unspecified atom stereocenters. The third kappa shape index (κ3) is 7.58. The van der Waals surface area contributed by atoms with Gasteiger partial charge in [-0.3, -0.25) is 9.35 Å². The normalized spacial score (nSPS) is 25.8. The van der Waals surface area contributed by atoms with Crippen LogP contribution < -0.4 is 5.32 Å². The smallest absolute Gasteiger partial charge is 0.397 e. The van der Waals surface area contributed by atoms with Crippen LogP contribution in [0.1, 0.15) is 6.92 Å². The quantitative estimate of drug-likeness (QED) is 0.114. The maximum atomic E-state index is 11.2. The average Bonchev–Trinajstić information content (AvgIpc) is 2.63. The molecule has 16 heteroatoms. The maximum absolute atomic E-state index is 11.2. The summed E-state index contributed by atoms with van der Waals surface area (Å²) < 4.78 is 43.9. The SMILES string of the molecule is CC(=O)N[C@@H](C=O)[C@@H](O)[C@H](O[C@@H]1OC(C(=O)O)=C[C@H](O)[C@H]1O)[C@H](O)COS(=O)(=O)O. The van der Waals surface area contributed by atoms with Crippen LogP contribution >= 0.6 is 0 Å². The van der Waals surface area contributed by atoms with Gasteiger partial charge >= 0.3 is 16.4 Å². The second-order valence-electron chi connectivity index (χ2n) is 6.04. The molecule has 30 heavy (non-hydrogen) atoms. The Morgan fingerprint density at radius 3 is 2.40 bits per heavy atom. The minimum atomic E-state index is -5.04. The fraction of sp³-hybridized carbons (Fsp3) is 0.643. The van der Waals surface area contributed by atoms with Gasteiger partial charge in [0.25, 0.3) is 0 Å². The molecule has 0 aromatic heterocycles. The molecule has 0 aliphatic carbocycles. The second kappa shape index (κ2) is 10.7. The van der Waals surface area contributed by atoms with Crippen LogP contribution in [0.4, 0.5) is 0 Å². The van der Waals surface area contributed by atoms with Crippen LogP contribution in [0.3, 0.4) is 0 Å². The number of carbonyl (C=O) groups excluding carboxylic acids is 2. The molecule has 7 N–H and O–H groups in total. The average molecular weight is 459 g/mol. The Labute approximate surface area is 169 Å². The van der Waals surface area contributed by atoms with Gasteiger partial charge in [0.1, 0.15) is 42.8 Å². The zero-order chi connectivity index (χ0) is 23.2. The van der Waals surface area contributed by atoms with Crippen molar-refractivity contribution in [3.05, 3.63) is 11.8 Å². The number of aldehydes is 1. The summed E-state index contributed by atoms with van der Waals surface area (Å²) in [7, 11) is -5.04. The van der Waals surface area contributed by atoms with Crippen molar-refractivity contribution in [3.8, 4) is 0 Å². The minimum absolute atomic E-state index is 0.0500. The lowest BCUT2D eigenvalue weighted by Gasteiger charge is -2.37. The fourth-order valence-corrected chi connectivity index (χ4v) is 2.63. The molecule has 7 atom stereocenters. The van der Waals surface area contributed by atoms with Crippen molar-refractivity contribution >= 4 is 28.6 Å². The predicted molar refractivity (Wildman–Crippen MR) is 90.7 cm³/mol. The summed E-state index contributed by atoms with van der Waals surface area (Å²) in [5.41, 5.74) is 0. The highest BCUT2D eigenvalue weighted by Gasteiger charge is 2.42. The number of hydrogen-bond acceptors (Lipinski definition) is 12. The van der Waals surface area contributed by atoms with Crippen LogP contribution in [0.2, 0.25) is 0 Å². The van der Waals surface area contributed by atoms with Crippen molar-refractivity contribution in [2.75, 3.05) is 6.61 Å². The first-order valence-electron chi connectivity index (χ1n) is 8.10. The maximum Gasteiger partial charge on any atom is 0.397 e. The Balaban J connectivity index is 3.15. The number of hydrogen-bond donors (Lipinski definition) is 7. The summed E-state index contributed by atoms with van der Waals surface area (Å²) in [6.07, 6.45) is -11.4. The lowest BCUT2D eigenvalue weighted by molar-refractivity contribution is -0.255. The van der Waals surface area contributed by atoms with E-state index in [0.29, 0.717) is 6.08 Å². The first-order valence-corrected chi connectivity index (χ1v) is 9.47. The molecule has 0 radical (unpaired) electrons. The molecule has 0 bridgehead atoms. The van der Waals surface area contributed by atoms with Gasteiger partial charge in [-0.25, -0.2) is 8.98 Å². The highest BCUT2D eigenvalue weighted by atomic mass is 32.3. The minimum Gasteiger partial charge on any atom is -0.475 e. The van der Waals surface area contributed by atoms with Crippen molar-refractivity contribution in [1.29, 1.82) is 0 Å². The van der Waals surface area contributed by atoms with E-state index in [4.69, 9.17) is 19.1 Å². The molecule has 0 saturated heterocycles. The molecular formula is C14H21NO14S. The number of carboxylic acids is 1. The van der Waals surface area contributed by atoms with E-state index in [1.807, 2.05) is 5.32 Å². The zero-order valence-electron chi connectivity index (χ0n) is 15.3. The molecule has 0 fully saturated rings. The lowest BCUT2D eigenvalue weighted by atomic mass is 10.0. The molecule has 15 nitrogen and oxygen atoms in total. The Morgan fingerprint density at radius 1 is 1.33 bits per heavy atom. The van der Waals surface area contributed by atoms with Gasteiger partial charge in [0.2, 0.25) is 18.0 Å². The van der Waals surface area contributed by atoms with Gasteiger partial charge in [0, 0.05) is 6.92 Å². The predicted octanol–water partition coefficient (Wildman–Crippen LogP) is -4.34. The molecule has 0 aromatic rings. The molecule has 172 valence electrons. The Hall–Kier alpha value is -2.18. The van der Waals surface area contributed by atoms with E-state index in [0.717, 1.165) is 6.92 Å². The Kier molecular flexibility index (Phi) is 9.25. The standard InChI is InChI=1S/C14H21NO14S/c1-5(17)15-6(3-16)10(20)12(8(19)4-27-30(24,25)26)29-14-11(21)7(18)2-9(28-14)13(22)23/h2-3,6-8,10-12,14,18-21H,4H2,1H3,(H,15,17)(H,22,23)(H,24,25,26)/t6-,7-,8+,10+,11+,12+,14-/m0/s1. The summed E-state index contributed by atoms with van der Waals surface area (Å²) in [6.45, 7) is -0.232. The van der Waals surface area contributed by atoms with Crippen molar-refractivity contribution in [1.82, 2.24) is 5.32 Å².